The number of hydrazine groups is 1. The molecule has 0 unspecified atom stereocenters. The van der Waals surface area contributed by atoms with Crippen molar-refractivity contribution in [2.75, 3.05) is 6.61 Å². The van der Waals surface area contributed by atoms with Gasteiger partial charge in [0.25, 0.3) is 11.6 Å². The number of carbonyl (C=O) groups is 3. The Morgan fingerprint density at radius 3 is 2.50 bits per heavy atom. The van der Waals surface area contributed by atoms with E-state index < -0.39 is 22.7 Å². The highest BCUT2D eigenvalue weighted by molar-refractivity contribution is 6.01. The Hall–Kier alpha value is -3.43. The number of amides is 2. The van der Waals surface area contributed by atoms with Gasteiger partial charge in [-0.3, -0.25) is 25.1 Å². The maximum atomic E-state index is 12.4. The van der Waals surface area contributed by atoms with Crippen molar-refractivity contribution >= 4 is 23.5 Å². The maximum absolute atomic E-state index is 12.4. The zero-order valence-corrected chi connectivity index (χ0v) is 13.9. The summed E-state index contributed by atoms with van der Waals surface area (Å²) < 4.78 is 4.83. The van der Waals surface area contributed by atoms with Gasteiger partial charge in [-0.15, -0.1) is 0 Å². The predicted octanol–water partition coefficient (Wildman–Crippen LogP) is 2.22. The first-order valence-corrected chi connectivity index (χ1v) is 7.82. The fourth-order valence-corrected chi connectivity index (χ4v) is 2.35. The summed E-state index contributed by atoms with van der Waals surface area (Å²) in [5.41, 5.74) is 1.69. The molecule has 0 fully saturated rings. The third kappa shape index (κ3) is 4.15. The summed E-state index contributed by atoms with van der Waals surface area (Å²) in [5.74, 6) is -1.63. The zero-order valence-electron chi connectivity index (χ0n) is 13.9. The molecule has 0 bridgehead atoms. The second-order valence-corrected chi connectivity index (χ2v) is 5.35. The number of nitrogens with zero attached hydrogens (tertiary/aromatic N) is 2. The minimum atomic E-state index is -1.03. The predicted molar refractivity (Wildman–Crippen MR) is 87.9 cm³/mol. The number of allylic oxidation sites excluding steroid dienone is 2. The van der Waals surface area contributed by atoms with Crippen LogP contribution in [0.25, 0.3) is 0 Å². The molecule has 0 saturated heterocycles. The highest BCUT2D eigenvalue weighted by Crippen LogP contribution is 2.23. The van der Waals surface area contributed by atoms with Crippen molar-refractivity contribution in [3.8, 4) is 0 Å². The lowest BCUT2D eigenvalue weighted by atomic mass is 10.0. The Balaban J connectivity index is 2.29. The van der Waals surface area contributed by atoms with Crippen LogP contribution in [0.15, 0.2) is 35.7 Å². The van der Waals surface area contributed by atoms with Gasteiger partial charge >= 0.3 is 6.09 Å². The van der Waals surface area contributed by atoms with Gasteiger partial charge in [0.15, 0.2) is 5.78 Å². The number of nitro benzene ring substituents is 1. The second kappa shape index (κ2) is 8.10. The minimum Gasteiger partial charge on any atom is -0.510 e. The molecule has 1 aliphatic rings. The number of rotatable bonds is 4. The van der Waals surface area contributed by atoms with Crippen molar-refractivity contribution in [1.82, 2.24) is 10.4 Å². The van der Waals surface area contributed by atoms with Crippen molar-refractivity contribution in [2.45, 2.75) is 26.2 Å². The normalized spacial score (nSPS) is 14.0. The van der Waals surface area contributed by atoms with Crippen LogP contribution >= 0.6 is 0 Å². The molecule has 2 amide bonds. The van der Waals surface area contributed by atoms with E-state index >= 15 is 0 Å². The van der Waals surface area contributed by atoms with Gasteiger partial charge in [-0.05, 0) is 25.5 Å². The number of aliphatic hydroxyl groups excluding tert-OH is 1. The van der Waals surface area contributed by atoms with E-state index in [1.54, 1.807) is 6.92 Å². The van der Waals surface area contributed by atoms with E-state index in [0.29, 0.717) is 11.4 Å². The van der Waals surface area contributed by atoms with Crippen LogP contribution in [0.5, 0.6) is 0 Å². The molecule has 2 rings (SSSR count). The first-order chi connectivity index (χ1) is 12.3. The summed E-state index contributed by atoms with van der Waals surface area (Å²) in [4.78, 5) is 46.6. The molecule has 1 aromatic rings. The van der Waals surface area contributed by atoms with Gasteiger partial charge in [0.1, 0.15) is 11.5 Å². The fourth-order valence-electron chi connectivity index (χ4n) is 2.35. The standard InChI is InChI=1S/C16H17N3O7/c1-2-26-16(23)18(14-12(20)4-3-5-13(14)21)17-15(22)10-6-8-11(9-7-10)19(24)25/h6-9,20H,2-5H2,1H3,(H,17,22). The molecule has 26 heavy (non-hydrogen) atoms. The van der Waals surface area contributed by atoms with Crippen molar-refractivity contribution < 1.29 is 29.2 Å². The Morgan fingerprint density at radius 2 is 1.96 bits per heavy atom. The molecule has 0 spiro atoms. The van der Waals surface area contributed by atoms with Crippen molar-refractivity contribution in [1.29, 1.82) is 0 Å². The molecule has 0 radical (unpaired) electrons. The third-order valence-corrected chi connectivity index (χ3v) is 3.58. The first kappa shape index (κ1) is 18.9. The van der Waals surface area contributed by atoms with E-state index in [2.05, 4.69) is 5.43 Å². The molecule has 0 saturated carbocycles. The lowest BCUT2D eigenvalue weighted by molar-refractivity contribution is -0.384. The summed E-state index contributed by atoms with van der Waals surface area (Å²) in [6.45, 7) is 1.54. The van der Waals surface area contributed by atoms with Crippen molar-refractivity contribution in [2.24, 2.45) is 0 Å². The number of non-ortho nitro benzene ring substituents is 1. The zero-order chi connectivity index (χ0) is 19.3. The van der Waals surface area contributed by atoms with Crippen LogP contribution in [-0.4, -0.2) is 39.4 Å². The number of aliphatic hydroxyl groups is 1. The smallest absolute Gasteiger partial charge is 0.433 e. The van der Waals surface area contributed by atoms with E-state index in [9.17, 15) is 29.6 Å². The Kier molecular flexibility index (Phi) is 5.89. The summed E-state index contributed by atoms with van der Waals surface area (Å²) in [7, 11) is 0. The van der Waals surface area contributed by atoms with Gasteiger partial charge in [-0.1, -0.05) is 0 Å². The Labute approximate surface area is 148 Å². The summed E-state index contributed by atoms with van der Waals surface area (Å²) in [5, 5.41) is 21.2. The van der Waals surface area contributed by atoms with Gasteiger partial charge in [-0.2, -0.15) is 5.01 Å². The molecule has 1 aromatic carbocycles. The number of Topliss-reactive ketones (excluding diaryl/α,β-unsaturated/α-hetero) is 1. The average Bonchev–Trinajstić information content (AvgIpc) is 2.60. The van der Waals surface area contributed by atoms with Crippen LogP contribution in [0, 0.1) is 10.1 Å². The average molecular weight is 363 g/mol. The van der Waals surface area contributed by atoms with Crippen LogP contribution in [0.2, 0.25) is 0 Å². The molecule has 0 aliphatic heterocycles. The fraction of sp³-hybridized carbons (Fsp3) is 0.312. The van der Waals surface area contributed by atoms with E-state index in [4.69, 9.17) is 4.74 Å². The molecule has 138 valence electrons. The van der Waals surface area contributed by atoms with E-state index in [-0.39, 0.29) is 42.2 Å². The van der Waals surface area contributed by atoms with E-state index in [0.717, 1.165) is 12.1 Å². The number of ketones is 1. The van der Waals surface area contributed by atoms with Crippen LogP contribution in [0.1, 0.15) is 36.5 Å². The summed E-state index contributed by atoms with van der Waals surface area (Å²) >= 11 is 0. The van der Waals surface area contributed by atoms with E-state index in [1.165, 1.54) is 12.1 Å². The highest BCUT2D eigenvalue weighted by Gasteiger charge is 2.32. The molecular formula is C16H17N3O7. The molecule has 10 nitrogen and oxygen atoms in total. The molecule has 2 N–H and O–H groups in total. The van der Waals surface area contributed by atoms with Gasteiger partial charge in [0.05, 0.1) is 11.5 Å². The molecule has 1 aliphatic carbocycles. The van der Waals surface area contributed by atoms with Crippen LogP contribution in [0.3, 0.4) is 0 Å². The largest absolute Gasteiger partial charge is 0.510 e. The molecule has 0 atom stereocenters. The number of hydrogen-bond donors (Lipinski definition) is 2. The topological polar surface area (TPSA) is 139 Å². The van der Waals surface area contributed by atoms with Crippen LogP contribution in [0.4, 0.5) is 10.5 Å². The van der Waals surface area contributed by atoms with Gasteiger partial charge in [-0.25, -0.2) is 4.79 Å². The number of nitrogens with one attached hydrogen (secondary N) is 1. The van der Waals surface area contributed by atoms with Gasteiger partial charge in [0.2, 0.25) is 0 Å². The number of nitro groups is 1. The first-order valence-electron chi connectivity index (χ1n) is 7.82. The molecule has 0 heterocycles. The summed E-state index contributed by atoms with van der Waals surface area (Å²) in [6.07, 6.45) is -0.298. The third-order valence-electron chi connectivity index (χ3n) is 3.58. The number of carbonyl (C=O) groups excluding carboxylic acids is 3. The van der Waals surface area contributed by atoms with Gasteiger partial charge in [0, 0.05) is 30.5 Å². The maximum Gasteiger partial charge on any atom is 0.433 e. The monoisotopic (exact) mass is 363 g/mol. The van der Waals surface area contributed by atoms with Crippen LogP contribution < -0.4 is 5.43 Å². The lowest BCUT2D eigenvalue weighted by Crippen LogP contribution is -2.48. The van der Waals surface area contributed by atoms with Crippen LogP contribution in [-0.2, 0) is 9.53 Å². The lowest BCUT2D eigenvalue weighted by Gasteiger charge is -2.26. The number of ether oxygens (including phenoxy) is 1. The Morgan fingerprint density at radius 1 is 1.31 bits per heavy atom. The highest BCUT2D eigenvalue weighted by atomic mass is 16.6. The SMILES string of the molecule is CCOC(=O)N(NC(=O)c1ccc([N+](=O)[O-])cc1)C1=C(O)CCCC1=O. The number of benzene rings is 1. The quantitative estimate of drug-likeness (QED) is 0.617. The summed E-state index contributed by atoms with van der Waals surface area (Å²) in [6, 6.07) is 4.67. The second-order valence-electron chi connectivity index (χ2n) is 5.35. The van der Waals surface area contributed by atoms with Crippen molar-refractivity contribution in [3.63, 3.8) is 0 Å². The molecule has 10 heteroatoms. The van der Waals surface area contributed by atoms with E-state index in [1.807, 2.05) is 0 Å². The van der Waals surface area contributed by atoms with Crippen molar-refractivity contribution in [3.05, 3.63) is 51.4 Å². The molecule has 0 aromatic heterocycles. The number of hydrogen-bond acceptors (Lipinski definition) is 7. The molecular weight excluding hydrogens is 346 g/mol. The van der Waals surface area contributed by atoms with Gasteiger partial charge < -0.3 is 9.84 Å². The minimum absolute atomic E-state index is 0.00896. The Bertz CT molecular complexity index is 771.